The van der Waals surface area contributed by atoms with Gasteiger partial charge in [0.2, 0.25) is 0 Å². The third-order valence-corrected chi connectivity index (χ3v) is 6.71. The lowest BCUT2D eigenvalue weighted by Crippen LogP contribution is -2.46. The van der Waals surface area contributed by atoms with Gasteiger partial charge in [-0.15, -0.1) is 0 Å². The highest BCUT2D eigenvalue weighted by molar-refractivity contribution is 6.07. The van der Waals surface area contributed by atoms with E-state index in [1.54, 1.807) is 26.4 Å². The van der Waals surface area contributed by atoms with Gasteiger partial charge >= 0.3 is 0 Å². The van der Waals surface area contributed by atoms with Crippen molar-refractivity contribution in [3.8, 4) is 11.5 Å². The minimum Gasteiger partial charge on any atom is -0.493 e. The van der Waals surface area contributed by atoms with E-state index in [-0.39, 0.29) is 18.0 Å². The Bertz CT molecular complexity index is 1160. The van der Waals surface area contributed by atoms with Crippen LogP contribution in [0, 0.1) is 0 Å². The standard InChI is InChI=1S/C27H28N2O3/c1-18-16-24(28-15-14-19-8-4-6-10-22(19)28)21-9-5-7-11-23(21)29(18)27(30)20-12-13-25(31-2)26(17-20)32-3/h4-13,17-18,24H,14-16H2,1-3H3. The molecule has 0 saturated carbocycles. The molecule has 0 N–H and O–H groups in total. The molecule has 2 atom stereocenters. The average molecular weight is 429 g/mol. The van der Waals surface area contributed by atoms with Gasteiger partial charge in [-0.3, -0.25) is 4.79 Å². The first-order valence-electron chi connectivity index (χ1n) is 11.1. The minimum atomic E-state index is -0.0221. The molecule has 5 heteroatoms. The van der Waals surface area contributed by atoms with Gasteiger partial charge in [-0.25, -0.2) is 0 Å². The molecule has 2 aliphatic rings. The number of carbonyl (C=O) groups excluding carboxylic acids is 1. The molecule has 164 valence electrons. The predicted molar refractivity (Wildman–Crippen MR) is 127 cm³/mol. The molecule has 0 radical (unpaired) electrons. The number of amides is 1. The normalized spacial score (nSPS) is 19.3. The predicted octanol–water partition coefficient (Wildman–Crippen LogP) is 5.25. The maximum atomic E-state index is 13.7. The van der Waals surface area contributed by atoms with Gasteiger partial charge in [0.05, 0.1) is 20.3 Å². The van der Waals surface area contributed by atoms with E-state index in [1.165, 1.54) is 16.8 Å². The number of rotatable bonds is 4. The van der Waals surface area contributed by atoms with E-state index < -0.39 is 0 Å². The van der Waals surface area contributed by atoms with Crippen LogP contribution in [0.1, 0.15) is 40.9 Å². The summed E-state index contributed by atoms with van der Waals surface area (Å²) in [5.41, 5.74) is 5.51. The van der Waals surface area contributed by atoms with E-state index in [9.17, 15) is 4.79 Å². The van der Waals surface area contributed by atoms with Gasteiger partial charge in [0.15, 0.2) is 11.5 Å². The van der Waals surface area contributed by atoms with Crippen LogP contribution >= 0.6 is 0 Å². The van der Waals surface area contributed by atoms with Gasteiger partial charge in [-0.1, -0.05) is 36.4 Å². The van der Waals surface area contributed by atoms with E-state index in [0.29, 0.717) is 17.1 Å². The molecule has 0 bridgehead atoms. The zero-order valence-electron chi connectivity index (χ0n) is 18.7. The summed E-state index contributed by atoms with van der Waals surface area (Å²) >= 11 is 0. The molecule has 5 rings (SSSR count). The van der Waals surface area contributed by atoms with E-state index in [4.69, 9.17) is 9.47 Å². The molecule has 0 aliphatic carbocycles. The van der Waals surface area contributed by atoms with Crippen molar-refractivity contribution >= 4 is 17.3 Å². The summed E-state index contributed by atoms with van der Waals surface area (Å²) in [5, 5.41) is 0. The SMILES string of the molecule is COc1ccc(C(=O)N2c3ccccc3C(N3CCc4ccccc43)CC2C)cc1OC. The van der Waals surface area contributed by atoms with Gasteiger partial charge in [0.25, 0.3) is 5.91 Å². The minimum absolute atomic E-state index is 0.0221. The largest absolute Gasteiger partial charge is 0.493 e. The molecule has 0 fully saturated rings. The molecule has 0 spiro atoms. The Morgan fingerprint density at radius 3 is 2.41 bits per heavy atom. The molecule has 1 amide bonds. The van der Waals surface area contributed by atoms with Crippen LogP contribution in [0.25, 0.3) is 0 Å². The smallest absolute Gasteiger partial charge is 0.258 e. The number of fused-ring (bicyclic) bond motifs is 2. The lowest BCUT2D eigenvalue weighted by atomic mass is 9.89. The van der Waals surface area contributed by atoms with Crippen molar-refractivity contribution in [1.82, 2.24) is 0 Å². The topological polar surface area (TPSA) is 42.0 Å². The second-order valence-electron chi connectivity index (χ2n) is 8.48. The Morgan fingerprint density at radius 2 is 1.62 bits per heavy atom. The fourth-order valence-electron chi connectivity index (χ4n) is 5.18. The summed E-state index contributed by atoms with van der Waals surface area (Å²) in [6.07, 6.45) is 1.95. The first kappa shape index (κ1) is 20.4. The third-order valence-electron chi connectivity index (χ3n) is 6.71. The van der Waals surface area contributed by atoms with Gasteiger partial charge in [0.1, 0.15) is 0 Å². The molecular formula is C27H28N2O3. The summed E-state index contributed by atoms with van der Waals surface area (Å²) in [7, 11) is 3.18. The second-order valence-corrected chi connectivity index (χ2v) is 8.48. The number of hydrogen-bond acceptors (Lipinski definition) is 4. The van der Waals surface area contributed by atoms with Crippen molar-refractivity contribution in [3.63, 3.8) is 0 Å². The van der Waals surface area contributed by atoms with Crippen LogP contribution in [-0.2, 0) is 6.42 Å². The number of nitrogens with zero attached hydrogens (tertiary/aromatic N) is 2. The summed E-state index contributed by atoms with van der Waals surface area (Å²) in [6, 6.07) is 22.7. The van der Waals surface area contributed by atoms with Crippen LogP contribution in [0.2, 0.25) is 0 Å². The summed E-state index contributed by atoms with van der Waals surface area (Å²) in [6.45, 7) is 3.15. The number of anilines is 2. The van der Waals surface area contributed by atoms with Crippen LogP contribution in [0.15, 0.2) is 66.7 Å². The van der Waals surface area contributed by atoms with Crippen LogP contribution in [0.3, 0.4) is 0 Å². The lowest BCUT2D eigenvalue weighted by Gasteiger charge is -2.43. The zero-order valence-corrected chi connectivity index (χ0v) is 18.7. The number of benzene rings is 3. The number of methoxy groups -OCH3 is 2. The first-order valence-corrected chi connectivity index (χ1v) is 11.1. The molecule has 0 aromatic heterocycles. The molecule has 5 nitrogen and oxygen atoms in total. The number of carbonyl (C=O) groups is 1. The van der Waals surface area contributed by atoms with Crippen molar-refractivity contribution in [2.45, 2.75) is 31.8 Å². The lowest BCUT2D eigenvalue weighted by molar-refractivity contribution is 0.0973. The Balaban J connectivity index is 1.53. The summed E-state index contributed by atoms with van der Waals surface area (Å²) in [5.74, 6) is 1.15. The van der Waals surface area contributed by atoms with Gasteiger partial charge in [-0.2, -0.15) is 0 Å². The maximum Gasteiger partial charge on any atom is 0.258 e. The van der Waals surface area contributed by atoms with Crippen molar-refractivity contribution in [3.05, 3.63) is 83.4 Å². The van der Waals surface area contributed by atoms with E-state index >= 15 is 0 Å². The Kier molecular flexibility index (Phi) is 5.25. The van der Waals surface area contributed by atoms with Crippen molar-refractivity contribution in [2.75, 3.05) is 30.6 Å². The Hall–Kier alpha value is -3.47. The molecular weight excluding hydrogens is 400 g/mol. The van der Waals surface area contributed by atoms with Crippen LogP contribution < -0.4 is 19.3 Å². The van der Waals surface area contributed by atoms with Crippen LogP contribution in [0.5, 0.6) is 11.5 Å². The van der Waals surface area contributed by atoms with Gasteiger partial charge < -0.3 is 19.3 Å². The Labute approximate surface area is 189 Å². The number of para-hydroxylation sites is 2. The molecule has 2 heterocycles. The van der Waals surface area contributed by atoms with E-state index in [0.717, 1.165) is 25.1 Å². The maximum absolute atomic E-state index is 13.7. The molecule has 3 aromatic rings. The summed E-state index contributed by atoms with van der Waals surface area (Å²) in [4.78, 5) is 18.1. The highest BCUT2D eigenvalue weighted by atomic mass is 16.5. The first-order chi connectivity index (χ1) is 15.6. The molecule has 2 aliphatic heterocycles. The van der Waals surface area contributed by atoms with Gasteiger partial charge in [-0.05, 0) is 61.2 Å². The van der Waals surface area contributed by atoms with Crippen molar-refractivity contribution in [2.24, 2.45) is 0 Å². The van der Waals surface area contributed by atoms with Crippen LogP contribution in [0.4, 0.5) is 11.4 Å². The van der Waals surface area contributed by atoms with Crippen LogP contribution in [-0.4, -0.2) is 32.7 Å². The fourth-order valence-corrected chi connectivity index (χ4v) is 5.18. The van der Waals surface area contributed by atoms with Crippen molar-refractivity contribution < 1.29 is 14.3 Å². The second kappa shape index (κ2) is 8.23. The average Bonchev–Trinajstić information content (AvgIpc) is 3.26. The summed E-state index contributed by atoms with van der Waals surface area (Å²) < 4.78 is 10.8. The molecule has 2 unspecified atom stereocenters. The quantitative estimate of drug-likeness (QED) is 0.569. The van der Waals surface area contributed by atoms with Gasteiger partial charge in [0, 0.05) is 29.5 Å². The molecule has 32 heavy (non-hydrogen) atoms. The highest BCUT2D eigenvalue weighted by Crippen LogP contribution is 2.45. The zero-order chi connectivity index (χ0) is 22.2. The number of ether oxygens (including phenoxy) is 2. The van der Waals surface area contributed by atoms with E-state index in [2.05, 4.69) is 54.3 Å². The van der Waals surface area contributed by atoms with Crippen molar-refractivity contribution in [1.29, 1.82) is 0 Å². The monoisotopic (exact) mass is 428 g/mol. The third kappa shape index (κ3) is 3.29. The number of hydrogen-bond donors (Lipinski definition) is 0. The highest BCUT2D eigenvalue weighted by Gasteiger charge is 2.38. The molecule has 3 aromatic carbocycles. The Morgan fingerprint density at radius 1 is 0.906 bits per heavy atom. The van der Waals surface area contributed by atoms with E-state index in [1.807, 2.05) is 17.0 Å². The molecule has 0 saturated heterocycles. The fraction of sp³-hybridized carbons (Fsp3) is 0.296.